The van der Waals surface area contributed by atoms with E-state index >= 15 is 0 Å². The van der Waals surface area contributed by atoms with Gasteiger partial charge in [-0.1, -0.05) is 30.3 Å². The van der Waals surface area contributed by atoms with Crippen LogP contribution in [0.15, 0.2) is 36.4 Å². The second kappa shape index (κ2) is 11.2. The molecule has 6 nitrogen and oxygen atoms in total. The van der Waals surface area contributed by atoms with Crippen molar-refractivity contribution >= 4 is 36.5 Å². The average Bonchev–Trinajstić information content (AvgIpc) is 2.62. The predicted octanol–water partition coefficient (Wildman–Crippen LogP) is 2.59. The van der Waals surface area contributed by atoms with Crippen LogP contribution in [0.2, 0.25) is 0 Å². The molecule has 1 fully saturated rings. The first-order chi connectivity index (χ1) is 12.5. The molecule has 1 aromatic carbocycles. The van der Waals surface area contributed by atoms with Crippen LogP contribution in [0.3, 0.4) is 0 Å². The Labute approximate surface area is 179 Å². The monoisotopic (exact) mass is 425 g/mol. The molecular formula is C20H29Cl2N5O. The zero-order chi connectivity index (χ0) is 18.5. The lowest BCUT2D eigenvalue weighted by Crippen LogP contribution is -2.50. The van der Waals surface area contributed by atoms with E-state index in [2.05, 4.69) is 20.2 Å². The maximum Gasteiger partial charge on any atom is 0.237 e. The van der Waals surface area contributed by atoms with Gasteiger partial charge in [-0.15, -0.1) is 24.8 Å². The third-order valence-electron chi connectivity index (χ3n) is 4.75. The van der Waals surface area contributed by atoms with Crippen LogP contribution in [0.1, 0.15) is 29.9 Å². The predicted molar refractivity (Wildman–Crippen MR) is 118 cm³/mol. The van der Waals surface area contributed by atoms with Crippen molar-refractivity contribution in [2.24, 2.45) is 5.73 Å². The van der Waals surface area contributed by atoms with Crippen molar-refractivity contribution in [2.45, 2.75) is 45.2 Å². The van der Waals surface area contributed by atoms with Gasteiger partial charge in [0.25, 0.3) is 0 Å². The standard InChI is InChI=1S/C20H27N5O.2ClH/c1-14-12-19(23-15(2)22-14)25-10-8-17(9-11-25)24-20(26)18(21)13-16-6-4-3-5-7-16;;/h3-7,12,17-18H,8-11,13,21H2,1-2H3,(H,24,26);2*1H. The summed E-state index contributed by atoms with van der Waals surface area (Å²) in [5.74, 6) is 1.70. The number of rotatable bonds is 5. The summed E-state index contributed by atoms with van der Waals surface area (Å²) in [4.78, 5) is 23.5. The summed E-state index contributed by atoms with van der Waals surface area (Å²) in [5, 5.41) is 3.11. The fraction of sp³-hybridized carbons (Fsp3) is 0.450. The van der Waals surface area contributed by atoms with E-state index in [1.807, 2.05) is 50.2 Å². The SMILES string of the molecule is Cc1cc(N2CCC(NC(=O)C(N)Cc3ccccc3)CC2)nc(C)n1.Cl.Cl. The quantitative estimate of drug-likeness (QED) is 0.768. The summed E-state index contributed by atoms with van der Waals surface area (Å²) < 4.78 is 0. The van der Waals surface area contributed by atoms with Crippen molar-refractivity contribution in [3.8, 4) is 0 Å². The Balaban J connectivity index is 0.00000196. The van der Waals surface area contributed by atoms with Gasteiger partial charge in [-0.3, -0.25) is 4.79 Å². The number of amides is 1. The van der Waals surface area contributed by atoms with Gasteiger partial charge in [0.2, 0.25) is 5.91 Å². The average molecular weight is 426 g/mol. The molecule has 8 heteroatoms. The van der Waals surface area contributed by atoms with E-state index in [9.17, 15) is 4.79 Å². The molecule has 1 amide bonds. The van der Waals surface area contributed by atoms with Crippen LogP contribution in [0, 0.1) is 13.8 Å². The molecule has 1 aliphatic heterocycles. The van der Waals surface area contributed by atoms with Gasteiger partial charge in [0.05, 0.1) is 6.04 Å². The number of benzene rings is 1. The first-order valence-corrected chi connectivity index (χ1v) is 9.18. The molecule has 0 radical (unpaired) electrons. The van der Waals surface area contributed by atoms with E-state index in [1.54, 1.807) is 0 Å². The number of nitrogens with one attached hydrogen (secondary N) is 1. The van der Waals surface area contributed by atoms with E-state index in [0.717, 1.165) is 48.8 Å². The Bertz CT molecular complexity index is 731. The summed E-state index contributed by atoms with van der Waals surface area (Å²) in [7, 11) is 0. The molecule has 1 unspecified atom stereocenters. The van der Waals surface area contributed by atoms with E-state index in [0.29, 0.717) is 6.42 Å². The maximum absolute atomic E-state index is 12.4. The zero-order valence-electron chi connectivity index (χ0n) is 16.3. The van der Waals surface area contributed by atoms with Crippen molar-refractivity contribution in [1.29, 1.82) is 0 Å². The molecule has 0 spiro atoms. The molecule has 1 aromatic heterocycles. The number of hydrogen-bond acceptors (Lipinski definition) is 5. The fourth-order valence-corrected chi connectivity index (χ4v) is 3.38. The summed E-state index contributed by atoms with van der Waals surface area (Å²) in [5.41, 5.74) is 8.14. The van der Waals surface area contributed by atoms with E-state index in [4.69, 9.17) is 5.73 Å². The molecule has 2 aromatic rings. The highest BCUT2D eigenvalue weighted by molar-refractivity contribution is 5.85. The summed E-state index contributed by atoms with van der Waals surface area (Å²) >= 11 is 0. The largest absolute Gasteiger partial charge is 0.356 e. The van der Waals surface area contributed by atoms with Crippen LogP contribution in [0.25, 0.3) is 0 Å². The number of piperidine rings is 1. The van der Waals surface area contributed by atoms with Gasteiger partial charge in [-0.25, -0.2) is 9.97 Å². The number of hydrogen-bond donors (Lipinski definition) is 2. The highest BCUT2D eigenvalue weighted by Gasteiger charge is 2.24. The smallest absolute Gasteiger partial charge is 0.237 e. The molecule has 0 aliphatic carbocycles. The molecule has 0 bridgehead atoms. The van der Waals surface area contributed by atoms with Gasteiger partial charge in [-0.2, -0.15) is 0 Å². The van der Waals surface area contributed by atoms with Gasteiger partial charge in [-0.05, 0) is 38.7 Å². The summed E-state index contributed by atoms with van der Waals surface area (Å²) in [6.07, 6.45) is 2.35. The Morgan fingerprint density at radius 3 is 2.43 bits per heavy atom. The normalized spacial score (nSPS) is 15.2. The molecule has 3 rings (SSSR count). The zero-order valence-corrected chi connectivity index (χ0v) is 17.9. The van der Waals surface area contributed by atoms with Gasteiger partial charge >= 0.3 is 0 Å². The van der Waals surface area contributed by atoms with Crippen LogP contribution >= 0.6 is 24.8 Å². The molecule has 0 saturated carbocycles. The highest BCUT2D eigenvalue weighted by atomic mass is 35.5. The minimum atomic E-state index is -0.511. The third-order valence-corrected chi connectivity index (χ3v) is 4.75. The molecule has 3 N–H and O–H groups in total. The Morgan fingerprint density at radius 1 is 1.18 bits per heavy atom. The molecule has 154 valence electrons. The number of aryl methyl sites for hydroxylation is 2. The van der Waals surface area contributed by atoms with Crippen LogP contribution in [0.4, 0.5) is 5.82 Å². The number of nitrogens with zero attached hydrogens (tertiary/aromatic N) is 3. The number of aromatic nitrogens is 2. The minimum absolute atomic E-state index is 0. The van der Waals surface area contributed by atoms with E-state index < -0.39 is 6.04 Å². The van der Waals surface area contributed by atoms with Crippen LogP contribution in [0.5, 0.6) is 0 Å². The van der Waals surface area contributed by atoms with Crippen LogP contribution in [-0.4, -0.2) is 41.0 Å². The Kier molecular flexibility index (Phi) is 9.65. The number of nitrogens with two attached hydrogens (primary N) is 1. The van der Waals surface area contributed by atoms with Gasteiger partial charge in [0, 0.05) is 30.9 Å². The molecule has 2 heterocycles. The van der Waals surface area contributed by atoms with Crippen LogP contribution in [-0.2, 0) is 11.2 Å². The number of halogens is 2. The molecule has 1 atom stereocenters. The first-order valence-electron chi connectivity index (χ1n) is 9.18. The van der Waals surface area contributed by atoms with Crippen LogP contribution < -0.4 is 16.0 Å². The summed E-state index contributed by atoms with van der Waals surface area (Å²) in [6, 6.07) is 11.6. The van der Waals surface area contributed by atoms with Gasteiger partial charge in [0.15, 0.2) is 0 Å². The fourth-order valence-electron chi connectivity index (χ4n) is 3.38. The molecular weight excluding hydrogens is 397 g/mol. The van der Waals surface area contributed by atoms with E-state index in [1.165, 1.54) is 0 Å². The lowest BCUT2D eigenvalue weighted by molar-refractivity contribution is -0.123. The first kappa shape index (κ1) is 24.1. The highest BCUT2D eigenvalue weighted by Crippen LogP contribution is 2.19. The Hall–Kier alpha value is -1.89. The third kappa shape index (κ3) is 6.62. The van der Waals surface area contributed by atoms with Crippen molar-refractivity contribution in [3.05, 3.63) is 53.5 Å². The van der Waals surface area contributed by atoms with Crippen molar-refractivity contribution in [1.82, 2.24) is 15.3 Å². The number of anilines is 1. The topological polar surface area (TPSA) is 84.1 Å². The second-order valence-corrected chi connectivity index (χ2v) is 6.98. The molecule has 28 heavy (non-hydrogen) atoms. The maximum atomic E-state index is 12.4. The van der Waals surface area contributed by atoms with Gasteiger partial charge < -0.3 is 16.0 Å². The summed E-state index contributed by atoms with van der Waals surface area (Å²) in [6.45, 7) is 5.64. The lowest BCUT2D eigenvalue weighted by atomic mass is 10.0. The second-order valence-electron chi connectivity index (χ2n) is 6.98. The number of carbonyl (C=O) groups excluding carboxylic acids is 1. The van der Waals surface area contributed by atoms with E-state index in [-0.39, 0.29) is 36.8 Å². The van der Waals surface area contributed by atoms with Gasteiger partial charge in [0.1, 0.15) is 11.6 Å². The van der Waals surface area contributed by atoms with Crippen molar-refractivity contribution in [2.75, 3.05) is 18.0 Å². The van der Waals surface area contributed by atoms with Crippen molar-refractivity contribution < 1.29 is 4.79 Å². The minimum Gasteiger partial charge on any atom is -0.356 e. The number of carbonyl (C=O) groups is 1. The van der Waals surface area contributed by atoms with Crippen molar-refractivity contribution in [3.63, 3.8) is 0 Å². The lowest BCUT2D eigenvalue weighted by Gasteiger charge is -2.33. The molecule has 1 saturated heterocycles. The molecule has 1 aliphatic rings. The Morgan fingerprint density at radius 2 is 1.82 bits per heavy atom.